The number of benzene rings is 2. The summed E-state index contributed by atoms with van der Waals surface area (Å²) in [5.41, 5.74) is 3.08. The standard InChI is InChI=1S/C15H12ClFN2O/c1-8(20)15-18-13-3-2-9(6-14(13)19-15)10-4-11(16)7-12(17)5-10/h2-8,20H,1H3,(H,18,19)/t8-/m1/s1. The van der Waals surface area contributed by atoms with Crippen molar-refractivity contribution in [1.82, 2.24) is 9.97 Å². The number of H-pyrrole nitrogens is 1. The van der Waals surface area contributed by atoms with Gasteiger partial charge in [0.1, 0.15) is 17.7 Å². The molecule has 0 bridgehead atoms. The van der Waals surface area contributed by atoms with Crippen LogP contribution in [0.1, 0.15) is 18.9 Å². The molecule has 1 heterocycles. The highest BCUT2D eigenvalue weighted by Crippen LogP contribution is 2.27. The van der Waals surface area contributed by atoms with Crippen LogP contribution >= 0.6 is 11.6 Å². The molecule has 102 valence electrons. The monoisotopic (exact) mass is 290 g/mol. The lowest BCUT2D eigenvalue weighted by Crippen LogP contribution is -1.92. The second-order valence-corrected chi connectivity index (χ2v) is 5.12. The smallest absolute Gasteiger partial charge is 0.135 e. The first kappa shape index (κ1) is 13.1. The minimum Gasteiger partial charge on any atom is -0.385 e. The highest BCUT2D eigenvalue weighted by molar-refractivity contribution is 6.30. The van der Waals surface area contributed by atoms with E-state index in [4.69, 9.17) is 11.6 Å². The molecule has 0 aliphatic carbocycles. The number of rotatable bonds is 2. The van der Waals surface area contributed by atoms with E-state index in [0.717, 1.165) is 16.6 Å². The zero-order chi connectivity index (χ0) is 14.3. The Morgan fingerprint density at radius 1 is 1.20 bits per heavy atom. The molecule has 3 aromatic rings. The van der Waals surface area contributed by atoms with Crippen molar-refractivity contribution in [2.45, 2.75) is 13.0 Å². The summed E-state index contributed by atoms with van der Waals surface area (Å²) in [6.07, 6.45) is -0.658. The van der Waals surface area contributed by atoms with Crippen LogP contribution in [0.25, 0.3) is 22.2 Å². The van der Waals surface area contributed by atoms with Crippen LogP contribution in [0.5, 0.6) is 0 Å². The van der Waals surface area contributed by atoms with Crippen molar-refractivity contribution >= 4 is 22.6 Å². The Labute approximate surface area is 120 Å². The van der Waals surface area contributed by atoms with Crippen LogP contribution in [-0.2, 0) is 0 Å². The fourth-order valence-corrected chi connectivity index (χ4v) is 2.35. The molecule has 3 rings (SSSR count). The molecule has 0 fully saturated rings. The number of nitrogens with zero attached hydrogens (tertiary/aromatic N) is 1. The molecule has 0 radical (unpaired) electrons. The van der Waals surface area contributed by atoms with E-state index in [2.05, 4.69) is 9.97 Å². The molecule has 3 nitrogen and oxygen atoms in total. The number of aliphatic hydroxyl groups is 1. The van der Waals surface area contributed by atoms with Gasteiger partial charge in [-0.1, -0.05) is 17.7 Å². The predicted molar refractivity (Wildman–Crippen MR) is 77.1 cm³/mol. The molecule has 0 spiro atoms. The van der Waals surface area contributed by atoms with Crippen LogP contribution in [-0.4, -0.2) is 15.1 Å². The highest BCUT2D eigenvalue weighted by atomic mass is 35.5. The Bertz CT molecular complexity index is 762. The number of hydrogen-bond acceptors (Lipinski definition) is 2. The van der Waals surface area contributed by atoms with Gasteiger partial charge in [0.25, 0.3) is 0 Å². The van der Waals surface area contributed by atoms with Gasteiger partial charge in [0.2, 0.25) is 0 Å². The van der Waals surface area contributed by atoms with E-state index < -0.39 is 6.10 Å². The minimum absolute atomic E-state index is 0.356. The van der Waals surface area contributed by atoms with Crippen LogP contribution in [0, 0.1) is 5.82 Å². The van der Waals surface area contributed by atoms with Crippen LogP contribution in [0.2, 0.25) is 5.02 Å². The van der Waals surface area contributed by atoms with Gasteiger partial charge >= 0.3 is 0 Å². The van der Waals surface area contributed by atoms with Crippen molar-refractivity contribution in [1.29, 1.82) is 0 Å². The van der Waals surface area contributed by atoms with E-state index >= 15 is 0 Å². The van der Waals surface area contributed by atoms with Gasteiger partial charge in [0.05, 0.1) is 11.0 Å². The minimum atomic E-state index is -0.658. The van der Waals surface area contributed by atoms with Gasteiger partial charge in [0, 0.05) is 5.02 Å². The number of aliphatic hydroxyl groups excluding tert-OH is 1. The lowest BCUT2D eigenvalue weighted by molar-refractivity contribution is 0.190. The van der Waals surface area contributed by atoms with Gasteiger partial charge in [0.15, 0.2) is 0 Å². The van der Waals surface area contributed by atoms with Crippen LogP contribution in [0.3, 0.4) is 0 Å². The Morgan fingerprint density at radius 2 is 2.00 bits per heavy atom. The van der Waals surface area contributed by atoms with E-state index in [-0.39, 0.29) is 5.82 Å². The number of fused-ring (bicyclic) bond motifs is 1. The summed E-state index contributed by atoms with van der Waals surface area (Å²) >= 11 is 5.87. The zero-order valence-electron chi connectivity index (χ0n) is 10.7. The predicted octanol–water partition coefficient (Wildman–Crippen LogP) is 4.08. The largest absolute Gasteiger partial charge is 0.385 e. The summed E-state index contributed by atoms with van der Waals surface area (Å²) in [5, 5.41) is 9.88. The first-order chi connectivity index (χ1) is 9.52. The maximum Gasteiger partial charge on any atom is 0.135 e. The summed E-state index contributed by atoms with van der Waals surface area (Å²) in [5.74, 6) is 0.135. The summed E-state index contributed by atoms with van der Waals surface area (Å²) < 4.78 is 13.4. The third-order valence-electron chi connectivity index (χ3n) is 3.09. The van der Waals surface area contributed by atoms with Gasteiger partial charge in [-0.25, -0.2) is 9.37 Å². The third kappa shape index (κ3) is 2.40. The van der Waals surface area contributed by atoms with Crippen molar-refractivity contribution in [3.05, 3.63) is 53.1 Å². The van der Waals surface area contributed by atoms with Crippen molar-refractivity contribution < 1.29 is 9.50 Å². The quantitative estimate of drug-likeness (QED) is 0.747. The lowest BCUT2D eigenvalue weighted by atomic mass is 10.1. The van der Waals surface area contributed by atoms with Crippen molar-refractivity contribution in [3.8, 4) is 11.1 Å². The van der Waals surface area contributed by atoms with E-state index in [1.807, 2.05) is 18.2 Å². The Morgan fingerprint density at radius 3 is 2.70 bits per heavy atom. The molecule has 2 aromatic carbocycles. The maximum absolute atomic E-state index is 13.4. The summed E-state index contributed by atoms with van der Waals surface area (Å²) in [6, 6.07) is 9.94. The summed E-state index contributed by atoms with van der Waals surface area (Å²) in [4.78, 5) is 7.32. The molecule has 0 amide bonds. The topological polar surface area (TPSA) is 48.9 Å². The maximum atomic E-state index is 13.4. The van der Waals surface area contributed by atoms with Crippen molar-refractivity contribution in [3.63, 3.8) is 0 Å². The van der Waals surface area contributed by atoms with Gasteiger partial charge < -0.3 is 10.1 Å². The molecular formula is C15H12ClFN2O. The van der Waals surface area contributed by atoms with Gasteiger partial charge in [-0.15, -0.1) is 0 Å². The fraction of sp³-hybridized carbons (Fsp3) is 0.133. The lowest BCUT2D eigenvalue weighted by Gasteiger charge is -2.03. The van der Waals surface area contributed by atoms with Gasteiger partial charge in [-0.3, -0.25) is 0 Å². The Hall–Kier alpha value is -1.91. The van der Waals surface area contributed by atoms with E-state index in [1.54, 1.807) is 13.0 Å². The first-order valence-electron chi connectivity index (χ1n) is 6.17. The molecule has 0 aliphatic heterocycles. The van der Waals surface area contributed by atoms with E-state index in [0.29, 0.717) is 16.4 Å². The van der Waals surface area contributed by atoms with Crippen LogP contribution < -0.4 is 0 Å². The first-order valence-corrected chi connectivity index (χ1v) is 6.55. The average Bonchev–Trinajstić information content (AvgIpc) is 2.80. The molecule has 5 heteroatoms. The summed E-state index contributed by atoms with van der Waals surface area (Å²) in [6.45, 7) is 1.64. The SMILES string of the molecule is C[C@@H](O)c1nc2ccc(-c3cc(F)cc(Cl)c3)cc2[nH]1. The molecule has 0 saturated carbocycles. The van der Waals surface area contributed by atoms with Crippen molar-refractivity contribution in [2.24, 2.45) is 0 Å². The number of nitrogens with one attached hydrogen (secondary N) is 1. The molecule has 0 unspecified atom stereocenters. The molecule has 1 atom stereocenters. The van der Waals surface area contributed by atoms with Crippen LogP contribution in [0.4, 0.5) is 4.39 Å². The normalized spacial score (nSPS) is 12.8. The van der Waals surface area contributed by atoms with Gasteiger partial charge in [-0.05, 0) is 48.4 Å². The average molecular weight is 291 g/mol. The van der Waals surface area contributed by atoms with Gasteiger partial charge in [-0.2, -0.15) is 0 Å². The molecule has 0 aliphatic rings. The Balaban J connectivity index is 2.12. The molecule has 2 N–H and O–H groups in total. The molecule has 1 aromatic heterocycles. The number of halogens is 2. The zero-order valence-corrected chi connectivity index (χ0v) is 11.4. The Kier molecular flexibility index (Phi) is 3.20. The third-order valence-corrected chi connectivity index (χ3v) is 3.31. The molecule has 0 saturated heterocycles. The van der Waals surface area contributed by atoms with Crippen LogP contribution in [0.15, 0.2) is 36.4 Å². The van der Waals surface area contributed by atoms with E-state index in [9.17, 15) is 9.50 Å². The number of hydrogen-bond donors (Lipinski definition) is 2. The fourth-order valence-electron chi connectivity index (χ4n) is 2.13. The molecular weight excluding hydrogens is 279 g/mol. The van der Waals surface area contributed by atoms with Crippen molar-refractivity contribution in [2.75, 3.05) is 0 Å². The molecule has 20 heavy (non-hydrogen) atoms. The summed E-state index contributed by atoms with van der Waals surface area (Å²) in [7, 11) is 0. The number of imidazole rings is 1. The second-order valence-electron chi connectivity index (χ2n) is 4.69. The van der Waals surface area contributed by atoms with E-state index in [1.165, 1.54) is 12.1 Å². The second kappa shape index (κ2) is 4.89. The number of aromatic amines is 1. The highest BCUT2D eigenvalue weighted by Gasteiger charge is 2.09. The number of aromatic nitrogens is 2.